The van der Waals surface area contributed by atoms with Crippen molar-refractivity contribution in [2.24, 2.45) is 0 Å². The fourth-order valence-electron chi connectivity index (χ4n) is 3.39. The summed E-state index contributed by atoms with van der Waals surface area (Å²) in [7, 11) is -8.65. The summed E-state index contributed by atoms with van der Waals surface area (Å²) in [5.74, 6) is -1.01. The summed E-state index contributed by atoms with van der Waals surface area (Å²) in [5, 5.41) is 20.2. The first-order chi connectivity index (χ1) is 14.2. The van der Waals surface area contributed by atoms with E-state index in [4.69, 9.17) is 0 Å². The molecule has 0 amide bonds. The Morgan fingerprint density at radius 1 is 0.727 bits per heavy atom. The summed E-state index contributed by atoms with van der Waals surface area (Å²) >= 11 is 0. The van der Waals surface area contributed by atoms with Crippen molar-refractivity contribution in [3.63, 3.8) is 0 Å². The molecule has 0 saturated heterocycles. The maximum absolute atomic E-state index is 10.8. The van der Waals surface area contributed by atoms with Crippen molar-refractivity contribution in [2.45, 2.75) is 44.9 Å². The first kappa shape index (κ1) is 32.9. The SMILES string of the molecule is CC(C)(c1ccc(O)c(CCCS(=O)(=O)[O-])c1)c1ccc(O)c(CCCS(=O)(=O)[O-])c1.[Na+].[Na+]. The van der Waals surface area contributed by atoms with Crippen molar-refractivity contribution < 1.29 is 95.3 Å². The summed E-state index contributed by atoms with van der Waals surface area (Å²) in [6.07, 6.45) is 0.633. The first-order valence-electron chi connectivity index (χ1n) is 9.71. The van der Waals surface area contributed by atoms with Crippen LogP contribution in [0.1, 0.15) is 48.9 Å². The van der Waals surface area contributed by atoms with Gasteiger partial charge in [0.15, 0.2) is 0 Å². The van der Waals surface area contributed by atoms with Crippen molar-refractivity contribution in [3.05, 3.63) is 58.7 Å². The normalized spacial score (nSPS) is 12.0. The molecule has 0 aromatic heterocycles. The minimum absolute atomic E-state index is 0. The van der Waals surface area contributed by atoms with Crippen molar-refractivity contribution in [2.75, 3.05) is 11.5 Å². The van der Waals surface area contributed by atoms with E-state index in [0.717, 1.165) is 11.1 Å². The molecule has 2 aromatic carbocycles. The van der Waals surface area contributed by atoms with Gasteiger partial charge in [-0.2, -0.15) is 0 Å². The minimum Gasteiger partial charge on any atom is -0.748 e. The molecule has 12 heteroatoms. The van der Waals surface area contributed by atoms with Gasteiger partial charge < -0.3 is 19.3 Å². The smallest absolute Gasteiger partial charge is 0.748 e. The van der Waals surface area contributed by atoms with E-state index in [1.807, 2.05) is 13.8 Å². The van der Waals surface area contributed by atoms with Gasteiger partial charge in [-0.3, -0.25) is 0 Å². The number of hydrogen-bond donors (Lipinski definition) is 2. The van der Waals surface area contributed by atoms with Gasteiger partial charge in [0.05, 0.1) is 20.2 Å². The number of benzene rings is 2. The maximum atomic E-state index is 10.8. The van der Waals surface area contributed by atoms with Gasteiger partial charge in [-0.1, -0.05) is 38.1 Å². The van der Waals surface area contributed by atoms with Gasteiger partial charge in [0, 0.05) is 16.9 Å². The van der Waals surface area contributed by atoms with Gasteiger partial charge in [-0.05, 0) is 60.1 Å². The van der Waals surface area contributed by atoms with Gasteiger partial charge in [0.1, 0.15) is 11.5 Å². The number of aryl methyl sites for hydroxylation is 2. The zero-order chi connectivity index (χ0) is 23.4. The Labute approximate surface area is 239 Å². The maximum Gasteiger partial charge on any atom is 1.00 e. The standard InChI is InChI=1S/C21H28O8S2.2Na/c1-21(2,17-7-9-19(22)15(13-17)5-3-11-30(24,25)26)18-8-10-20(23)16(14-18)6-4-12-31(27,28)29;;/h7-10,13-14,22-23H,3-6,11-12H2,1-2H3,(H,24,25,26)(H,27,28,29);;/q;2*+1/p-2. The van der Waals surface area contributed by atoms with Gasteiger partial charge in [0.25, 0.3) is 0 Å². The van der Waals surface area contributed by atoms with Crippen molar-refractivity contribution in [3.8, 4) is 11.5 Å². The topological polar surface area (TPSA) is 155 Å². The molecule has 0 spiro atoms. The van der Waals surface area contributed by atoms with Gasteiger partial charge in [-0.25, -0.2) is 16.8 Å². The molecule has 0 aliphatic rings. The molecule has 2 rings (SSSR count). The largest absolute Gasteiger partial charge is 1.00 e. The molecule has 2 aromatic rings. The molecule has 0 aliphatic heterocycles. The molecule has 0 saturated carbocycles. The minimum atomic E-state index is -4.33. The summed E-state index contributed by atoms with van der Waals surface area (Å²) in [4.78, 5) is 0. The number of rotatable bonds is 10. The molecule has 172 valence electrons. The van der Waals surface area contributed by atoms with E-state index in [9.17, 15) is 36.2 Å². The van der Waals surface area contributed by atoms with Crippen LogP contribution in [-0.4, -0.2) is 47.7 Å². The Morgan fingerprint density at radius 2 is 1.06 bits per heavy atom. The molecule has 33 heavy (non-hydrogen) atoms. The fraction of sp³-hybridized carbons (Fsp3) is 0.429. The molecule has 0 bridgehead atoms. The number of phenolic OH excluding ortho intramolecular Hbond substituents is 2. The molecular weight excluding hydrogens is 490 g/mol. The van der Waals surface area contributed by atoms with Crippen LogP contribution in [0.5, 0.6) is 11.5 Å². The fourth-order valence-corrected chi connectivity index (χ4v) is 4.39. The van der Waals surface area contributed by atoms with Crippen LogP contribution in [-0.2, 0) is 38.5 Å². The zero-order valence-corrected chi connectivity index (χ0v) is 25.0. The van der Waals surface area contributed by atoms with Crippen LogP contribution in [0.25, 0.3) is 0 Å². The van der Waals surface area contributed by atoms with E-state index in [1.54, 1.807) is 24.3 Å². The third kappa shape index (κ3) is 10.6. The van der Waals surface area contributed by atoms with Crippen LogP contribution in [0.4, 0.5) is 0 Å². The second-order valence-corrected chi connectivity index (χ2v) is 11.1. The summed E-state index contributed by atoms with van der Waals surface area (Å²) < 4.78 is 64.9. The van der Waals surface area contributed by atoms with Crippen LogP contribution in [0, 0.1) is 0 Å². The predicted octanol–water partition coefficient (Wildman–Crippen LogP) is -3.61. The second-order valence-electron chi connectivity index (χ2n) is 8.04. The molecule has 0 radical (unpaired) electrons. The van der Waals surface area contributed by atoms with Crippen LogP contribution in [0.2, 0.25) is 0 Å². The molecule has 2 N–H and O–H groups in total. The number of phenols is 2. The van der Waals surface area contributed by atoms with Gasteiger partial charge in [0.2, 0.25) is 0 Å². The average molecular weight is 517 g/mol. The quantitative estimate of drug-likeness (QED) is 0.242. The molecular formula is C21H26Na2O8S2. The number of hydrogen-bond acceptors (Lipinski definition) is 8. The third-order valence-electron chi connectivity index (χ3n) is 5.28. The van der Waals surface area contributed by atoms with E-state index in [2.05, 4.69) is 0 Å². The average Bonchev–Trinajstić information content (AvgIpc) is 2.62. The van der Waals surface area contributed by atoms with Crippen LogP contribution >= 0.6 is 0 Å². The van der Waals surface area contributed by atoms with Crippen molar-refractivity contribution in [1.29, 1.82) is 0 Å². The second kappa shape index (κ2) is 13.2. The van der Waals surface area contributed by atoms with E-state index in [1.165, 1.54) is 12.1 Å². The third-order valence-corrected chi connectivity index (χ3v) is 6.86. The summed E-state index contributed by atoms with van der Waals surface area (Å²) in [6, 6.07) is 10.0. The Kier molecular flexibility index (Phi) is 13.2. The molecule has 0 fully saturated rings. The monoisotopic (exact) mass is 516 g/mol. The molecule has 8 nitrogen and oxygen atoms in total. The van der Waals surface area contributed by atoms with E-state index in [0.29, 0.717) is 11.1 Å². The van der Waals surface area contributed by atoms with Crippen LogP contribution in [0.15, 0.2) is 36.4 Å². The molecule has 0 heterocycles. The summed E-state index contributed by atoms with van der Waals surface area (Å²) in [6.45, 7) is 3.87. The Balaban J connectivity index is 0.00000512. The van der Waals surface area contributed by atoms with Crippen molar-refractivity contribution in [1.82, 2.24) is 0 Å². The Hall–Kier alpha value is -0.140. The first-order valence-corrected chi connectivity index (χ1v) is 12.9. The summed E-state index contributed by atoms with van der Waals surface area (Å²) in [5.41, 5.74) is 2.12. The Morgan fingerprint density at radius 3 is 1.36 bits per heavy atom. The molecule has 0 aliphatic carbocycles. The van der Waals surface area contributed by atoms with Crippen molar-refractivity contribution >= 4 is 20.2 Å². The Bertz CT molecular complexity index is 1060. The van der Waals surface area contributed by atoms with Crippen LogP contribution in [0.3, 0.4) is 0 Å². The van der Waals surface area contributed by atoms with Gasteiger partial charge >= 0.3 is 59.1 Å². The predicted molar refractivity (Wildman–Crippen MR) is 114 cm³/mol. The zero-order valence-electron chi connectivity index (χ0n) is 19.4. The van der Waals surface area contributed by atoms with E-state index < -0.39 is 37.2 Å². The van der Waals surface area contributed by atoms with E-state index in [-0.39, 0.29) is 96.3 Å². The van der Waals surface area contributed by atoms with Crippen LogP contribution < -0.4 is 59.1 Å². The van der Waals surface area contributed by atoms with Gasteiger partial charge in [-0.15, -0.1) is 0 Å². The van der Waals surface area contributed by atoms with E-state index >= 15 is 0 Å². The molecule has 0 unspecified atom stereocenters. The number of aromatic hydroxyl groups is 2. The molecule has 0 atom stereocenters.